The van der Waals surface area contributed by atoms with Gasteiger partial charge in [-0.2, -0.15) is 0 Å². The van der Waals surface area contributed by atoms with E-state index >= 15 is 0 Å². The fraction of sp³-hybridized carbons (Fsp3) is 0.185. The smallest absolute Gasteiger partial charge is 0.224 e. The van der Waals surface area contributed by atoms with Gasteiger partial charge in [-0.1, -0.05) is 60.2 Å². The zero-order valence-corrected chi connectivity index (χ0v) is 19.7. The van der Waals surface area contributed by atoms with Crippen LogP contribution in [-0.2, 0) is 17.8 Å². The molecule has 0 spiro atoms. The average molecular weight is 459 g/mol. The van der Waals surface area contributed by atoms with Gasteiger partial charge in [-0.3, -0.25) is 4.79 Å². The maximum absolute atomic E-state index is 12.4. The molecule has 0 bridgehead atoms. The fourth-order valence-corrected chi connectivity index (χ4v) is 4.30. The summed E-state index contributed by atoms with van der Waals surface area (Å²) >= 11 is 1.63. The molecule has 6 heteroatoms. The molecule has 168 valence electrons. The number of aryl methyl sites for hydroxylation is 1. The molecule has 3 aromatic carbocycles. The largest absolute Gasteiger partial charge is 0.493 e. The normalized spacial score (nSPS) is 10.6. The second kappa shape index (κ2) is 10.3. The van der Waals surface area contributed by atoms with Crippen molar-refractivity contribution in [2.45, 2.75) is 19.9 Å². The van der Waals surface area contributed by atoms with Crippen LogP contribution in [-0.4, -0.2) is 25.1 Å². The fourth-order valence-electron chi connectivity index (χ4n) is 3.47. The van der Waals surface area contributed by atoms with Crippen molar-refractivity contribution in [1.29, 1.82) is 0 Å². The second-order valence-electron chi connectivity index (χ2n) is 7.74. The molecule has 1 heterocycles. The molecular weight excluding hydrogens is 432 g/mol. The summed E-state index contributed by atoms with van der Waals surface area (Å²) in [6.45, 7) is 2.55. The van der Waals surface area contributed by atoms with Crippen molar-refractivity contribution < 1.29 is 14.3 Å². The predicted molar refractivity (Wildman–Crippen MR) is 133 cm³/mol. The summed E-state index contributed by atoms with van der Waals surface area (Å²) in [5, 5.41) is 6.05. The number of hydrogen-bond donors (Lipinski definition) is 1. The van der Waals surface area contributed by atoms with Gasteiger partial charge in [0.15, 0.2) is 11.5 Å². The molecule has 1 amide bonds. The Morgan fingerprint density at radius 1 is 0.879 bits per heavy atom. The molecule has 4 rings (SSSR count). The Morgan fingerprint density at radius 3 is 2.24 bits per heavy atom. The third-order valence-electron chi connectivity index (χ3n) is 5.35. The summed E-state index contributed by atoms with van der Waals surface area (Å²) in [6.07, 6.45) is 0.277. The first-order chi connectivity index (χ1) is 16.1. The number of benzene rings is 3. The SMILES string of the molecule is COc1ccc(CC(=O)NCc2ccc(-c3nc(-c4ccc(C)cc4)cs3)cc2)cc1OC. The third kappa shape index (κ3) is 5.59. The van der Waals surface area contributed by atoms with Crippen molar-refractivity contribution in [3.63, 3.8) is 0 Å². The number of rotatable bonds is 8. The van der Waals surface area contributed by atoms with Crippen molar-refractivity contribution in [2.75, 3.05) is 14.2 Å². The van der Waals surface area contributed by atoms with Gasteiger partial charge >= 0.3 is 0 Å². The van der Waals surface area contributed by atoms with Crippen LogP contribution < -0.4 is 14.8 Å². The van der Waals surface area contributed by atoms with Crippen LogP contribution in [0.1, 0.15) is 16.7 Å². The summed E-state index contributed by atoms with van der Waals surface area (Å²) in [5.41, 5.74) is 6.32. The number of carbonyl (C=O) groups excluding carboxylic acids is 1. The van der Waals surface area contributed by atoms with E-state index in [-0.39, 0.29) is 12.3 Å². The Morgan fingerprint density at radius 2 is 1.55 bits per heavy atom. The second-order valence-corrected chi connectivity index (χ2v) is 8.60. The van der Waals surface area contributed by atoms with Crippen molar-refractivity contribution >= 4 is 17.2 Å². The minimum absolute atomic E-state index is 0.0473. The first-order valence-electron chi connectivity index (χ1n) is 10.6. The first-order valence-corrected chi connectivity index (χ1v) is 11.5. The molecule has 1 N–H and O–H groups in total. The summed E-state index contributed by atoms with van der Waals surface area (Å²) in [7, 11) is 3.17. The van der Waals surface area contributed by atoms with E-state index in [1.54, 1.807) is 25.6 Å². The van der Waals surface area contributed by atoms with Gasteiger partial charge in [0.25, 0.3) is 0 Å². The minimum Gasteiger partial charge on any atom is -0.493 e. The van der Waals surface area contributed by atoms with E-state index in [2.05, 4.69) is 41.9 Å². The van der Waals surface area contributed by atoms with Gasteiger partial charge in [0.05, 0.1) is 26.3 Å². The highest BCUT2D eigenvalue weighted by atomic mass is 32.1. The molecular formula is C27H26N2O3S. The molecule has 0 aliphatic carbocycles. The van der Waals surface area contributed by atoms with E-state index in [1.165, 1.54) is 5.56 Å². The summed E-state index contributed by atoms with van der Waals surface area (Å²) in [6, 6.07) is 22.1. The van der Waals surface area contributed by atoms with Crippen LogP contribution in [0.5, 0.6) is 11.5 Å². The highest BCUT2D eigenvalue weighted by molar-refractivity contribution is 7.13. The predicted octanol–water partition coefficient (Wildman–Crippen LogP) is 5.66. The van der Waals surface area contributed by atoms with Crippen molar-refractivity contribution in [3.05, 3.63) is 88.8 Å². The summed E-state index contributed by atoms with van der Waals surface area (Å²) in [5.74, 6) is 1.22. The van der Waals surface area contributed by atoms with Crippen molar-refractivity contribution in [2.24, 2.45) is 0 Å². The van der Waals surface area contributed by atoms with E-state index in [0.29, 0.717) is 18.0 Å². The zero-order valence-electron chi connectivity index (χ0n) is 18.9. The highest BCUT2D eigenvalue weighted by Crippen LogP contribution is 2.29. The van der Waals surface area contributed by atoms with Gasteiger partial charge < -0.3 is 14.8 Å². The molecule has 0 atom stereocenters. The minimum atomic E-state index is -0.0473. The third-order valence-corrected chi connectivity index (χ3v) is 6.25. The van der Waals surface area contributed by atoms with E-state index in [4.69, 9.17) is 14.5 Å². The maximum atomic E-state index is 12.4. The Balaban J connectivity index is 1.34. The number of hydrogen-bond acceptors (Lipinski definition) is 5. The Bertz CT molecular complexity index is 1230. The van der Waals surface area contributed by atoms with Crippen molar-refractivity contribution in [3.8, 4) is 33.3 Å². The quantitative estimate of drug-likeness (QED) is 0.370. The van der Waals surface area contributed by atoms with E-state index in [0.717, 1.165) is 33.0 Å². The molecule has 0 aliphatic heterocycles. The molecule has 33 heavy (non-hydrogen) atoms. The zero-order chi connectivity index (χ0) is 23.2. The maximum Gasteiger partial charge on any atom is 0.224 e. The summed E-state index contributed by atoms with van der Waals surface area (Å²) < 4.78 is 10.5. The first kappa shape index (κ1) is 22.6. The average Bonchev–Trinajstić information content (AvgIpc) is 3.34. The molecule has 0 fully saturated rings. The van der Waals surface area contributed by atoms with Gasteiger partial charge in [0.2, 0.25) is 5.91 Å². The van der Waals surface area contributed by atoms with Crippen molar-refractivity contribution in [1.82, 2.24) is 10.3 Å². The van der Waals surface area contributed by atoms with Crippen LogP contribution in [0, 0.1) is 6.92 Å². The Kier molecular flexibility index (Phi) is 7.05. The van der Waals surface area contributed by atoms with Crippen LogP contribution in [0.25, 0.3) is 21.8 Å². The molecule has 1 aromatic heterocycles. The van der Waals surface area contributed by atoms with Gasteiger partial charge in [0.1, 0.15) is 5.01 Å². The van der Waals surface area contributed by atoms with Crippen LogP contribution >= 0.6 is 11.3 Å². The van der Waals surface area contributed by atoms with Gasteiger partial charge in [0, 0.05) is 23.1 Å². The lowest BCUT2D eigenvalue weighted by Crippen LogP contribution is -2.24. The van der Waals surface area contributed by atoms with Crippen LogP contribution in [0.3, 0.4) is 0 Å². The number of aromatic nitrogens is 1. The van der Waals surface area contributed by atoms with Crippen LogP contribution in [0.4, 0.5) is 0 Å². The Hall–Kier alpha value is -3.64. The number of nitrogens with zero attached hydrogens (tertiary/aromatic N) is 1. The number of methoxy groups -OCH3 is 2. The van der Waals surface area contributed by atoms with E-state index in [9.17, 15) is 4.79 Å². The number of nitrogens with one attached hydrogen (secondary N) is 1. The Labute approximate surface area is 198 Å². The number of carbonyl (C=O) groups is 1. The molecule has 5 nitrogen and oxygen atoms in total. The van der Waals surface area contributed by atoms with Gasteiger partial charge in [-0.05, 0) is 30.2 Å². The summed E-state index contributed by atoms with van der Waals surface area (Å²) in [4.78, 5) is 17.2. The molecule has 0 saturated carbocycles. The lowest BCUT2D eigenvalue weighted by atomic mass is 10.1. The van der Waals surface area contributed by atoms with E-state index < -0.39 is 0 Å². The lowest BCUT2D eigenvalue weighted by molar-refractivity contribution is -0.120. The standard InChI is InChI=1S/C27H26N2O3S/c1-18-4-9-21(10-5-18)23-17-33-27(29-23)22-11-6-19(7-12-22)16-28-26(30)15-20-8-13-24(31-2)25(14-20)32-3/h4-14,17H,15-16H2,1-3H3,(H,28,30). The molecule has 0 aliphatic rings. The monoisotopic (exact) mass is 458 g/mol. The molecule has 0 saturated heterocycles. The van der Waals surface area contributed by atoms with Crippen LogP contribution in [0.2, 0.25) is 0 Å². The van der Waals surface area contributed by atoms with Crippen LogP contribution in [0.15, 0.2) is 72.1 Å². The number of ether oxygens (including phenoxy) is 2. The van der Waals surface area contributed by atoms with Gasteiger partial charge in [-0.15, -0.1) is 11.3 Å². The topological polar surface area (TPSA) is 60.5 Å². The van der Waals surface area contributed by atoms with Gasteiger partial charge in [-0.25, -0.2) is 4.98 Å². The van der Waals surface area contributed by atoms with E-state index in [1.807, 2.05) is 42.5 Å². The number of thiazole rings is 1. The number of amides is 1. The highest BCUT2D eigenvalue weighted by Gasteiger charge is 2.10. The molecule has 0 radical (unpaired) electrons. The lowest BCUT2D eigenvalue weighted by Gasteiger charge is -2.10. The molecule has 4 aromatic rings. The molecule has 0 unspecified atom stereocenters.